The Hall–Kier alpha value is -2.62. The summed E-state index contributed by atoms with van der Waals surface area (Å²) in [7, 11) is 0. The van der Waals surface area contributed by atoms with Crippen LogP contribution in [0.2, 0.25) is 0 Å². The molecule has 0 aliphatic heterocycles. The molecule has 4 heteroatoms. The van der Waals surface area contributed by atoms with Gasteiger partial charge < -0.3 is 10.3 Å². The topological polar surface area (TPSA) is 56.7 Å². The predicted octanol–water partition coefficient (Wildman–Crippen LogP) is 5.07. The van der Waals surface area contributed by atoms with E-state index in [2.05, 4.69) is 78.6 Å². The molecule has 0 atom stereocenters. The number of nitrogens with two attached hydrogens (primary N) is 1. The van der Waals surface area contributed by atoms with Gasteiger partial charge in [0, 0.05) is 12.1 Å². The number of allylic oxidation sites excluding steroid dienone is 1. The van der Waals surface area contributed by atoms with Crippen LogP contribution >= 0.6 is 0 Å². The van der Waals surface area contributed by atoms with E-state index in [0.717, 1.165) is 40.8 Å². The Kier molecular flexibility index (Phi) is 4.88. The number of nitrogen functional groups attached to an aromatic ring is 1. The number of fused-ring (bicyclic) bond motifs is 1. The standard InChI is InChI=1S/C21H26N4/c1-5-12-25-17(11-6-14(2)3)18(16-9-7-15(4)8-10-16)19-20(22)23-13-24-21(19)25/h6-11,13-14H,5,12H2,1-4H3,(H2,22,23,24)/b11-6+. The van der Waals surface area contributed by atoms with Gasteiger partial charge >= 0.3 is 0 Å². The lowest BCUT2D eigenvalue weighted by molar-refractivity contribution is 0.692. The maximum atomic E-state index is 6.27. The van der Waals surface area contributed by atoms with E-state index in [-0.39, 0.29) is 0 Å². The van der Waals surface area contributed by atoms with Gasteiger partial charge in [-0.2, -0.15) is 0 Å². The van der Waals surface area contributed by atoms with Crippen LogP contribution in [-0.2, 0) is 6.54 Å². The monoisotopic (exact) mass is 334 g/mol. The highest BCUT2D eigenvalue weighted by molar-refractivity contribution is 6.04. The van der Waals surface area contributed by atoms with Gasteiger partial charge in [-0.05, 0) is 30.9 Å². The maximum Gasteiger partial charge on any atom is 0.146 e. The molecule has 0 radical (unpaired) electrons. The lowest BCUT2D eigenvalue weighted by atomic mass is 10.0. The quantitative estimate of drug-likeness (QED) is 0.709. The van der Waals surface area contributed by atoms with Crippen molar-refractivity contribution in [3.63, 3.8) is 0 Å². The summed E-state index contributed by atoms with van der Waals surface area (Å²) in [4.78, 5) is 8.80. The lowest BCUT2D eigenvalue weighted by Crippen LogP contribution is -2.01. The summed E-state index contributed by atoms with van der Waals surface area (Å²) >= 11 is 0. The second kappa shape index (κ2) is 7.09. The molecule has 3 aromatic rings. The van der Waals surface area contributed by atoms with Crippen molar-refractivity contribution in [3.05, 3.63) is 47.9 Å². The van der Waals surface area contributed by atoms with Gasteiger partial charge in [0.05, 0.1) is 11.1 Å². The molecular weight excluding hydrogens is 308 g/mol. The first kappa shape index (κ1) is 17.2. The summed E-state index contributed by atoms with van der Waals surface area (Å²) in [6, 6.07) is 8.57. The molecule has 1 aromatic carbocycles. The number of aryl methyl sites for hydroxylation is 2. The Morgan fingerprint density at radius 1 is 1.16 bits per heavy atom. The van der Waals surface area contributed by atoms with E-state index in [0.29, 0.717) is 11.7 Å². The van der Waals surface area contributed by atoms with Crippen LogP contribution in [-0.4, -0.2) is 14.5 Å². The van der Waals surface area contributed by atoms with Gasteiger partial charge in [-0.1, -0.05) is 56.7 Å². The molecule has 130 valence electrons. The summed E-state index contributed by atoms with van der Waals surface area (Å²) < 4.78 is 2.27. The van der Waals surface area contributed by atoms with Crippen molar-refractivity contribution >= 4 is 22.9 Å². The number of benzene rings is 1. The van der Waals surface area contributed by atoms with Crippen molar-refractivity contribution in [2.45, 2.75) is 40.7 Å². The number of rotatable bonds is 5. The fourth-order valence-electron chi connectivity index (χ4n) is 3.13. The van der Waals surface area contributed by atoms with Gasteiger partial charge in [-0.15, -0.1) is 0 Å². The smallest absolute Gasteiger partial charge is 0.146 e. The van der Waals surface area contributed by atoms with Crippen molar-refractivity contribution in [1.29, 1.82) is 0 Å². The van der Waals surface area contributed by atoms with Crippen molar-refractivity contribution in [3.8, 4) is 11.1 Å². The molecule has 0 bridgehead atoms. The van der Waals surface area contributed by atoms with Crippen molar-refractivity contribution in [1.82, 2.24) is 14.5 Å². The van der Waals surface area contributed by atoms with Crippen LogP contribution in [0.1, 0.15) is 38.4 Å². The van der Waals surface area contributed by atoms with E-state index in [9.17, 15) is 0 Å². The van der Waals surface area contributed by atoms with Crippen molar-refractivity contribution < 1.29 is 0 Å². The minimum absolute atomic E-state index is 0.474. The molecule has 4 nitrogen and oxygen atoms in total. The van der Waals surface area contributed by atoms with Crippen LogP contribution in [0.4, 0.5) is 5.82 Å². The molecule has 0 unspecified atom stereocenters. The molecule has 0 spiro atoms. The van der Waals surface area contributed by atoms with Crippen LogP contribution in [0.15, 0.2) is 36.7 Å². The van der Waals surface area contributed by atoms with Gasteiger partial charge in [0.2, 0.25) is 0 Å². The van der Waals surface area contributed by atoms with E-state index in [1.54, 1.807) is 6.33 Å². The van der Waals surface area contributed by atoms with E-state index < -0.39 is 0 Å². The highest BCUT2D eigenvalue weighted by Crippen LogP contribution is 2.37. The van der Waals surface area contributed by atoms with Crippen LogP contribution in [0.3, 0.4) is 0 Å². The minimum Gasteiger partial charge on any atom is -0.383 e. The zero-order chi connectivity index (χ0) is 18.0. The zero-order valence-corrected chi connectivity index (χ0v) is 15.5. The third-order valence-corrected chi connectivity index (χ3v) is 4.34. The molecule has 3 rings (SSSR count). The largest absolute Gasteiger partial charge is 0.383 e. The average Bonchev–Trinajstić information content (AvgIpc) is 2.89. The molecule has 2 heterocycles. The molecule has 2 aromatic heterocycles. The summed E-state index contributed by atoms with van der Waals surface area (Å²) in [6.07, 6.45) is 7.01. The molecular formula is C21H26N4. The molecule has 0 fully saturated rings. The predicted molar refractivity (Wildman–Crippen MR) is 106 cm³/mol. The van der Waals surface area contributed by atoms with Crippen LogP contribution in [0.5, 0.6) is 0 Å². The van der Waals surface area contributed by atoms with Gasteiger partial charge in [0.15, 0.2) is 0 Å². The van der Waals surface area contributed by atoms with Crippen molar-refractivity contribution in [2.75, 3.05) is 5.73 Å². The fourth-order valence-corrected chi connectivity index (χ4v) is 3.13. The van der Waals surface area contributed by atoms with Gasteiger partial charge in [-0.25, -0.2) is 9.97 Å². The van der Waals surface area contributed by atoms with E-state index in [1.807, 2.05) is 0 Å². The zero-order valence-electron chi connectivity index (χ0n) is 15.5. The van der Waals surface area contributed by atoms with Gasteiger partial charge in [0.1, 0.15) is 17.8 Å². The van der Waals surface area contributed by atoms with Crippen LogP contribution in [0, 0.1) is 12.8 Å². The Balaban J connectivity index is 2.38. The molecule has 25 heavy (non-hydrogen) atoms. The molecule has 0 aliphatic rings. The highest BCUT2D eigenvalue weighted by Gasteiger charge is 2.20. The summed E-state index contributed by atoms with van der Waals surface area (Å²) in [5, 5.41) is 0.947. The summed E-state index contributed by atoms with van der Waals surface area (Å²) in [5.41, 5.74) is 11.8. The number of hydrogen-bond donors (Lipinski definition) is 1. The second-order valence-corrected chi connectivity index (χ2v) is 6.84. The highest BCUT2D eigenvalue weighted by atomic mass is 15.1. The SMILES string of the molecule is CCCn1c(/C=C/C(C)C)c(-c2ccc(C)cc2)c2c(N)ncnc21. The summed E-state index contributed by atoms with van der Waals surface area (Å²) in [6.45, 7) is 9.54. The Morgan fingerprint density at radius 2 is 1.88 bits per heavy atom. The normalized spacial score (nSPS) is 11.9. The molecule has 0 saturated carbocycles. The Bertz CT molecular complexity index is 902. The first-order chi connectivity index (χ1) is 12.0. The molecule has 0 saturated heterocycles. The van der Waals surface area contributed by atoms with Gasteiger partial charge in [0.25, 0.3) is 0 Å². The van der Waals surface area contributed by atoms with E-state index in [4.69, 9.17) is 5.73 Å². The Labute approximate surface area is 149 Å². The summed E-state index contributed by atoms with van der Waals surface area (Å²) in [5.74, 6) is 1.01. The van der Waals surface area contributed by atoms with E-state index >= 15 is 0 Å². The average molecular weight is 334 g/mol. The number of hydrogen-bond acceptors (Lipinski definition) is 3. The fraction of sp³-hybridized carbons (Fsp3) is 0.333. The number of aromatic nitrogens is 3. The van der Waals surface area contributed by atoms with Gasteiger partial charge in [-0.3, -0.25) is 0 Å². The maximum absolute atomic E-state index is 6.27. The number of anilines is 1. The first-order valence-electron chi connectivity index (χ1n) is 8.90. The van der Waals surface area contributed by atoms with E-state index in [1.165, 1.54) is 5.56 Å². The van der Waals surface area contributed by atoms with Crippen LogP contribution in [0.25, 0.3) is 28.2 Å². The third kappa shape index (κ3) is 3.29. The second-order valence-electron chi connectivity index (χ2n) is 6.84. The van der Waals surface area contributed by atoms with Crippen LogP contribution < -0.4 is 5.73 Å². The molecule has 0 amide bonds. The van der Waals surface area contributed by atoms with Crippen molar-refractivity contribution in [2.24, 2.45) is 5.92 Å². The minimum atomic E-state index is 0.474. The first-order valence-corrected chi connectivity index (χ1v) is 8.90. The molecule has 0 aliphatic carbocycles. The number of nitrogens with zero attached hydrogens (tertiary/aromatic N) is 3. The molecule has 2 N–H and O–H groups in total. The lowest BCUT2D eigenvalue weighted by Gasteiger charge is -2.08. The Morgan fingerprint density at radius 3 is 2.52 bits per heavy atom. The third-order valence-electron chi connectivity index (χ3n) is 4.34.